The molecule has 0 aliphatic heterocycles. The van der Waals surface area contributed by atoms with Gasteiger partial charge >= 0.3 is 5.97 Å². The SMILES string of the molecule is CCS(=O)(=O)c1ccccc1C(=O)OCC(=O)N(C)CC(=O)NC(C)(C)C. The third-order valence-corrected chi connectivity index (χ3v) is 5.26. The first-order valence-electron chi connectivity index (χ1n) is 8.41. The Hall–Kier alpha value is -2.42. The molecule has 0 atom stereocenters. The fourth-order valence-corrected chi connectivity index (χ4v) is 3.22. The number of carbonyl (C=O) groups is 3. The lowest BCUT2D eigenvalue weighted by molar-refractivity contribution is -0.137. The molecule has 0 heterocycles. The number of ether oxygens (including phenoxy) is 1. The van der Waals surface area contributed by atoms with Crippen LogP contribution in [0.15, 0.2) is 29.2 Å². The van der Waals surface area contributed by atoms with E-state index >= 15 is 0 Å². The van der Waals surface area contributed by atoms with E-state index < -0.39 is 33.9 Å². The molecule has 0 bridgehead atoms. The predicted octanol–water partition coefficient (Wildman–Crippen LogP) is 1.01. The van der Waals surface area contributed by atoms with E-state index in [0.29, 0.717) is 0 Å². The lowest BCUT2D eigenvalue weighted by atomic mass is 10.1. The Bertz CT molecular complexity index is 811. The normalized spacial score (nSPS) is 11.6. The highest BCUT2D eigenvalue weighted by atomic mass is 32.2. The maximum absolute atomic E-state index is 12.2. The number of sulfone groups is 1. The zero-order valence-electron chi connectivity index (χ0n) is 16.2. The standard InChI is InChI=1S/C18H26N2O6S/c1-6-27(24,25)14-10-8-7-9-13(14)17(23)26-12-16(22)20(5)11-15(21)19-18(2,3)4/h7-10H,6,11-12H2,1-5H3,(H,19,21). The van der Waals surface area contributed by atoms with Crippen LogP contribution < -0.4 is 5.32 Å². The first-order chi connectivity index (χ1) is 12.4. The van der Waals surface area contributed by atoms with E-state index in [1.54, 1.807) is 0 Å². The summed E-state index contributed by atoms with van der Waals surface area (Å²) < 4.78 is 29.1. The van der Waals surface area contributed by atoms with Gasteiger partial charge in [-0.15, -0.1) is 0 Å². The van der Waals surface area contributed by atoms with Crippen molar-refractivity contribution < 1.29 is 27.5 Å². The van der Waals surface area contributed by atoms with Gasteiger partial charge in [0.05, 0.1) is 22.8 Å². The van der Waals surface area contributed by atoms with E-state index in [-0.39, 0.29) is 28.7 Å². The monoisotopic (exact) mass is 398 g/mol. The molecule has 2 amide bonds. The van der Waals surface area contributed by atoms with Gasteiger partial charge in [-0.1, -0.05) is 19.1 Å². The summed E-state index contributed by atoms with van der Waals surface area (Å²) in [4.78, 5) is 37.1. The molecule has 0 saturated carbocycles. The lowest BCUT2D eigenvalue weighted by Gasteiger charge is -2.23. The Morgan fingerprint density at radius 2 is 1.74 bits per heavy atom. The van der Waals surface area contributed by atoms with Gasteiger partial charge in [0.1, 0.15) is 0 Å². The highest BCUT2D eigenvalue weighted by molar-refractivity contribution is 7.91. The third kappa shape index (κ3) is 7.01. The Morgan fingerprint density at radius 1 is 1.15 bits per heavy atom. The molecule has 1 rings (SSSR count). The minimum atomic E-state index is -3.61. The van der Waals surface area contributed by atoms with Crippen molar-refractivity contribution in [3.63, 3.8) is 0 Å². The van der Waals surface area contributed by atoms with E-state index in [0.717, 1.165) is 4.90 Å². The number of likely N-dealkylation sites (N-methyl/N-ethyl adjacent to an activating group) is 1. The van der Waals surface area contributed by atoms with Gasteiger partial charge in [0.25, 0.3) is 5.91 Å². The Kier molecular flexibility index (Phi) is 7.53. The van der Waals surface area contributed by atoms with Gasteiger partial charge in [-0.2, -0.15) is 0 Å². The highest BCUT2D eigenvalue weighted by Gasteiger charge is 2.23. The Labute approximate surface area is 159 Å². The summed E-state index contributed by atoms with van der Waals surface area (Å²) in [5.74, 6) is -2.00. The van der Waals surface area contributed by atoms with Gasteiger partial charge in [0, 0.05) is 12.6 Å². The fraction of sp³-hybridized carbons (Fsp3) is 0.500. The molecule has 9 heteroatoms. The molecule has 0 radical (unpaired) electrons. The number of carbonyl (C=O) groups excluding carboxylic acids is 3. The Morgan fingerprint density at radius 3 is 2.30 bits per heavy atom. The average Bonchev–Trinajstić information content (AvgIpc) is 2.57. The predicted molar refractivity (Wildman–Crippen MR) is 100.0 cm³/mol. The minimum Gasteiger partial charge on any atom is -0.452 e. The molecule has 1 aromatic carbocycles. The molecule has 0 aliphatic rings. The second kappa shape index (κ2) is 8.98. The minimum absolute atomic E-state index is 0.125. The molecule has 8 nitrogen and oxygen atoms in total. The van der Waals surface area contributed by atoms with Crippen LogP contribution in [0.25, 0.3) is 0 Å². The first-order valence-corrected chi connectivity index (χ1v) is 10.1. The molecular formula is C18H26N2O6S. The second-order valence-electron chi connectivity index (χ2n) is 7.02. The highest BCUT2D eigenvalue weighted by Crippen LogP contribution is 2.18. The fourth-order valence-electron chi connectivity index (χ4n) is 2.14. The average molecular weight is 398 g/mol. The molecule has 1 aromatic rings. The summed E-state index contributed by atoms with van der Waals surface area (Å²) in [5.41, 5.74) is -0.553. The molecule has 0 aliphatic carbocycles. The van der Waals surface area contributed by atoms with Gasteiger partial charge < -0.3 is 15.0 Å². The topological polar surface area (TPSA) is 110 Å². The Balaban J connectivity index is 2.73. The molecule has 0 spiro atoms. The number of amides is 2. The summed E-state index contributed by atoms with van der Waals surface area (Å²) in [5, 5.41) is 2.72. The van der Waals surface area contributed by atoms with Crippen molar-refractivity contribution in [1.82, 2.24) is 10.2 Å². The number of benzene rings is 1. The molecule has 1 N–H and O–H groups in total. The van der Waals surface area contributed by atoms with E-state index in [1.807, 2.05) is 20.8 Å². The van der Waals surface area contributed by atoms with Crippen molar-refractivity contribution in [2.45, 2.75) is 38.1 Å². The lowest BCUT2D eigenvalue weighted by Crippen LogP contribution is -2.46. The van der Waals surface area contributed by atoms with Crippen molar-refractivity contribution in [3.8, 4) is 0 Å². The zero-order chi connectivity index (χ0) is 20.8. The van der Waals surface area contributed by atoms with Crippen LogP contribution in [0.3, 0.4) is 0 Å². The maximum atomic E-state index is 12.2. The van der Waals surface area contributed by atoms with E-state index in [4.69, 9.17) is 4.74 Å². The molecule has 0 fully saturated rings. The van der Waals surface area contributed by atoms with Crippen LogP contribution in [0.4, 0.5) is 0 Å². The van der Waals surface area contributed by atoms with E-state index in [9.17, 15) is 22.8 Å². The number of nitrogens with one attached hydrogen (secondary N) is 1. The zero-order valence-corrected chi connectivity index (χ0v) is 17.1. The van der Waals surface area contributed by atoms with Gasteiger partial charge in [0.15, 0.2) is 16.4 Å². The molecule has 0 aromatic heterocycles. The van der Waals surface area contributed by atoms with Crippen LogP contribution in [0.2, 0.25) is 0 Å². The second-order valence-corrected chi connectivity index (χ2v) is 9.27. The molecule has 27 heavy (non-hydrogen) atoms. The smallest absolute Gasteiger partial charge is 0.339 e. The van der Waals surface area contributed by atoms with Crippen LogP contribution in [0, 0.1) is 0 Å². The number of esters is 1. The van der Waals surface area contributed by atoms with Crippen molar-refractivity contribution in [3.05, 3.63) is 29.8 Å². The van der Waals surface area contributed by atoms with Gasteiger partial charge in [-0.3, -0.25) is 9.59 Å². The summed E-state index contributed by atoms with van der Waals surface area (Å²) in [6, 6.07) is 5.66. The first kappa shape index (κ1) is 22.6. The van der Waals surface area contributed by atoms with Gasteiger partial charge in [0.2, 0.25) is 5.91 Å². The van der Waals surface area contributed by atoms with Crippen molar-refractivity contribution in [1.29, 1.82) is 0 Å². The number of hydrogen-bond acceptors (Lipinski definition) is 6. The number of rotatable bonds is 7. The number of hydrogen-bond donors (Lipinski definition) is 1. The van der Waals surface area contributed by atoms with Gasteiger partial charge in [-0.25, -0.2) is 13.2 Å². The van der Waals surface area contributed by atoms with Crippen LogP contribution in [-0.4, -0.2) is 62.6 Å². The van der Waals surface area contributed by atoms with Crippen LogP contribution >= 0.6 is 0 Å². The summed E-state index contributed by atoms with van der Waals surface area (Å²) >= 11 is 0. The van der Waals surface area contributed by atoms with E-state index in [1.165, 1.54) is 38.2 Å². The third-order valence-electron chi connectivity index (χ3n) is 3.47. The van der Waals surface area contributed by atoms with Crippen LogP contribution in [0.1, 0.15) is 38.1 Å². The van der Waals surface area contributed by atoms with Gasteiger partial charge in [-0.05, 0) is 32.9 Å². The number of nitrogens with zero attached hydrogens (tertiary/aromatic N) is 1. The summed E-state index contributed by atoms with van der Waals surface area (Å²) in [6.07, 6.45) is 0. The van der Waals surface area contributed by atoms with Crippen molar-refractivity contribution in [2.24, 2.45) is 0 Å². The van der Waals surface area contributed by atoms with E-state index in [2.05, 4.69) is 5.32 Å². The van der Waals surface area contributed by atoms with Crippen molar-refractivity contribution >= 4 is 27.6 Å². The maximum Gasteiger partial charge on any atom is 0.339 e. The summed E-state index contributed by atoms with van der Waals surface area (Å²) in [7, 11) is -2.20. The largest absolute Gasteiger partial charge is 0.452 e. The quantitative estimate of drug-likeness (QED) is 0.687. The molecule has 0 unspecified atom stereocenters. The van der Waals surface area contributed by atoms with Crippen molar-refractivity contribution in [2.75, 3.05) is 26.0 Å². The molecule has 0 saturated heterocycles. The molecule has 150 valence electrons. The molecular weight excluding hydrogens is 372 g/mol. The van der Waals surface area contributed by atoms with Crippen LogP contribution in [0.5, 0.6) is 0 Å². The summed E-state index contributed by atoms with van der Waals surface area (Å²) in [6.45, 7) is 6.13. The van der Waals surface area contributed by atoms with Crippen LogP contribution in [-0.2, 0) is 24.2 Å².